The molecule has 0 spiro atoms. The lowest BCUT2D eigenvalue weighted by Crippen LogP contribution is -2.55. The van der Waals surface area contributed by atoms with Gasteiger partial charge in [0.2, 0.25) is 0 Å². The Morgan fingerprint density at radius 2 is 2.15 bits per heavy atom. The van der Waals surface area contributed by atoms with Gasteiger partial charge in [-0.05, 0) is 25.0 Å². The number of benzene rings is 1. The minimum absolute atomic E-state index is 0.295. The summed E-state index contributed by atoms with van der Waals surface area (Å²) in [4.78, 5) is 24.0. The van der Waals surface area contributed by atoms with Gasteiger partial charge in [-0.25, -0.2) is 4.79 Å². The first-order chi connectivity index (χ1) is 9.50. The summed E-state index contributed by atoms with van der Waals surface area (Å²) in [5, 5.41) is 2.73. The van der Waals surface area contributed by atoms with E-state index in [4.69, 9.17) is 9.47 Å². The van der Waals surface area contributed by atoms with Crippen LogP contribution in [0.1, 0.15) is 25.8 Å². The van der Waals surface area contributed by atoms with Gasteiger partial charge in [0.05, 0.1) is 7.11 Å². The van der Waals surface area contributed by atoms with Crippen molar-refractivity contribution in [2.75, 3.05) is 7.11 Å². The molecule has 0 fully saturated rings. The molecule has 2 atom stereocenters. The number of fused-ring (bicyclic) bond motifs is 1. The fraction of sp³-hybridized carbons (Fsp3) is 0.467. The van der Waals surface area contributed by atoms with Crippen LogP contribution in [0.4, 0.5) is 0 Å². The topological polar surface area (TPSA) is 64.6 Å². The third-order valence-corrected chi connectivity index (χ3v) is 3.68. The molecule has 1 amide bonds. The summed E-state index contributed by atoms with van der Waals surface area (Å²) in [6, 6.07) is 7.54. The SMILES string of the molecule is CCC(C)(NC(=O)C1Cc2ccccc2O1)C(=O)OC. The molecule has 20 heavy (non-hydrogen) atoms. The van der Waals surface area contributed by atoms with Crippen LogP contribution >= 0.6 is 0 Å². The number of amides is 1. The summed E-state index contributed by atoms with van der Waals surface area (Å²) in [7, 11) is 1.31. The molecule has 5 heteroatoms. The second-order valence-electron chi connectivity index (χ2n) is 5.08. The first-order valence-corrected chi connectivity index (χ1v) is 6.65. The van der Waals surface area contributed by atoms with E-state index >= 15 is 0 Å². The maximum absolute atomic E-state index is 12.3. The average molecular weight is 277 g/mol. The minimum atomic E-state index is -1.02. The number of nitrogens with one attached hydrogen (secondary N) is 1. The van der Waals surface area contributed by atoms with Crippen LogP contribution in [0, 0.1) is 0 Å². The Balaban J connectivity index is 2.05. The monoisotopic (exact) mass is 277 g/mol. The zero-order valence-electron chi connectivity index (χ0n) is 11.9. The lowest BCUT2D eigenvalue weighted by Gasteiger charge is -2.27. The van der Waals surface area contributed by atoms with E-state index in [0.717, 1.165) is 11.3 Å². The smallest absolute Gasteiger partial charge is 0.331 e. The minimum Gasteiger partial charge on any atom is -0.480 e. The predicted octanol–water partition coefficient (Wildman–Crippen LogP) is 1.45. The highest BCUT2D eigenvalue weighted by molar-refractivity contribution is 5.90. The molecule has 1 aromatic rings. The van der Waals surface area contributed by atoms with Crippen LogP contribution in [0.5, 0.6) is 5.75 Å². The summed E-state index contributed by atoms with van der Waals surface area (Å²) in [6.07, 6.45) is 0.372. The van der Waals surface area contributed by atoms with Crippen LogP contribution in [0.15, 0.2) is 24.3 Å². The second kappa shape index (κ2) is 5.53. The van der Waals surface area contributed by atoms with E-state index in [-0.39, 0.29) is 5.91 Å². The second-order valence-corrected chi connectivity index (χ2v) is 5.08. The van der Waals surface area contributed by atoms with Gasteiger partial charge in [0.15, 0.2) is 6.10 Å². The molecule has 1 N–H and O–H groups in total. The number of carbonyl (C=O) groups excluding carboxylic acids is 2. The zero-order chi connectivity index (χ0) is 14.8. The number of ether oxygens (including phenoxy) is 2. The number of hydrogen-bond donors (Lipinski definition) is 1. The maximum Gasteiger partial charge on any atom is 0.331 e. The standard InChI is InChI=1S/C15H19NO4/c1-4-15(2,14(18)19-3)16-13(17)12-9-10-7-5-6-8-11(10)20-12/h5-8,12H,4,9H2,1-3H3,(H,16,17). The van der Waals surface area contributed by atoms with Crippen molar-refractivity contribution in [2.45, 2.75) is 38.3 Å². The van der Waals surface area contributed by atoms with Gasteiger partial charge in [-0.15, -0.1) is 0 Å². The van der Waals surface area contributed by atoms with Crippen molar-refractivity contribution in [1.29, 1.82) is 0 Å². The van der Waals surface area contributed by atoms with Crippen LogP contribution in [0.25, 0.3) is 0 Å². The van der Waals surface area contributed by atoms with E-state index < -0.39 is 17.6 Å². The fourth-order valence-corrected chi connectivity index (χ4v) is 2.19. The van der Waals surface area contributed by atoms with Crippen LogP contribution in [-0.4, -0.2) is 30.6 Å². The van der Waals surface area contributed by atoms with Crippen LogP contribution in [0.2, 0.25) is 0 Å². The molecule has 0 saturated heterocycles. The van der Waals surface area contributed by atoms with Crippen LogP contribution in [0.3, 0.4) is 0 Å². The number of hydrogen-bond acceptors (Lipinski definition) is 4. The van der Waals surface area contributed by atoms with Gasteiger partial charge in [-0.3, -0.25) is 4.79 Å². The zero-order valence-corrected chi connectivity index (χ0v) is 11.9. The van der Waals surface area contributed by atoms with Gasteiger partial charge in [0.1, 0.15) is 11.3 Å². The molecule has 0 aliphatic carbocycles. The van der Waals surface area contributed by atoms with E-state index in [1.54, 1.807) is 6.92 Å². The van der Waals surface area contributed by atoms with E-state index in [0.29, 0.717) is 12.8 Å². The molecule has 2 rings (SSSR count). The average Bonchev–Trinajstić information content (AvgIpc) is 2.90. The molecule has 1 aromatic carbocycles. The Bertz CT molecular complexity index is 503. The lowest BCUT2D eigenvalue weighted by molar-refractivity contribution is -0.151. The molecule has 0 saturated carbocycles. The molecule has 0 bridgehead atoms. The highest BCUT2D eigenvalue weighted by atomic mass is 16.5. The molecular formula is C15H19NO4. The van der Waals surface area contributed by atoms with Gasteiger partial charge in [-0.1, -0.05) is 25.1 Å². The van der Waals surface area contributed by atoms with Gasteiger partial charge in [0.25, 0.3) is 5.91 Å². The van der Waals surface area contributed by atoms with Crippen LogP contribution < -0.4 is 10.1 Å². The maximum atomic E-state index is 12.3. The molecule has 2 unspecified atom stereocenters. The molecular weight excluding hydrogens is 258 g/mol. The van der Waals surface area contributed by atoms with Crippen molar-refractivity contribution in [3.05, 3.63) is 29.8 Å². The number of methoxy groups -OCH3 is 1. The number of carbonyl (C=O) groups is 2. The van der Waals surface area contributed by atoms with E-state index in [1.807, 2.05) is 31.2 Å². The van der Waals surface area contributed by atoms with Crippen molar-refractivity contribution < 1.29 is 19.1 Å². The Morgan fingerprint density at radius 1 is 1.45 bits per heavy atom. The Morgan fingerprint density at radius 3 is 2.75 bits per heavy atom. The van der Waals surface area contributed by atoms with Gasteiger partial charge >= 0.3 is 5.97 Å². The molecule has 1 aliphatic heterocycles. The highest BCUT2D eigenvalue weighted by Crippen LogP contribution is 2.28. The van der Waals surface area contributed by atoms with Crippen molar-refractivity contribution in [3.63, 3.8) is 0 Å². The molecule has 0 aromatic heterocycles. The predicted molar refractivity (Wildman–Crippen MR) is 73.4 cm³/mol. The molecule has 1 heterocycles. The van der Waals surface area contributed by atoms with Gasteiger partial charge in [0, 0.05) is 6.42 Å². The summed E-state index contributed by atoms with van der Waals surface area (Å²) in [5.74, 6) is -0.0243. The number of esters is 1. The third kappa shape index (κ3) is 2.61. The molecule has 1 aliphatic rings. The molecule has 108 valence electrons. The summed E-state index contributed by atoms with van der Waals surface area (Å²) < 4.78 is 10.3. The van der Waals surface area contributed by atoms with E-state index in [1.165, 1.54) is 7.11 Å². The van der Waals surface area contributed by atoms with Crippen molar-refractivity contribution in [1.82, 2.24) is 5.32 Å². The molecule has 5 nitrogen and oxygen atoms in total. The lowest BCUT2D eigenvalue weighted by atomic mass is 9.98. The molecule has 0 radical (unpaired) electrons. The van der Waals surface area contributed by atoms with Crippen molar-refractivity contribution in [2.24, 2.45) is 0 Å². The normalized spacial score (nSPS) is 19.4. The number of para-hydroxylation sites is 1. The Kier molecular flexibility index (Phi) is 3.97. The third-order valence-electron chi connectivity index (χ3n) is 3.68. The van der Waals surface area contributed by atoms with Gasteiger partial charge in [-0.2, -0.15) is 0 Å². The van der Waals surface area contributed by atoms with E-state index in [2.05, 4.69) is 5.32 Å². The Labute approximate surface area is 118 Å². The number of rotatable bonds is 4. The quantitative estimate of drug-likeness (QED) is 0.846. The van der Waals surface area contributed by atoms with Gasteiger partial charge < -0.3 is 14.8 Å². The fourth-order valence-electron chi connectivity index (χ4n) is 2.19. The largest absolute Gasteiger partial charge is 0.480 e. The summed E-state index contributed by atoms with van der Waals surface area (Å²) in [5.41, 5.74) is -0.0202. The highest BCUT2D eigenvalue weighted by Gasteiger charge is 2.38. The van der Waals surface area contributed by atoms with E-state index in [9.17, 15) is 9.59 Å². The Hall–Kier alpha value is -2.04. The first kappa shape index (κ1) is 14.4. The first-order valence-electron chi connectivity index (χ1n) is 6.65. The summed E-state index contributed by atoms with van der Waals surface area (Å²) in [6.45, 7) is 3.47. The summed E-state index contributed by atoms with van der Waals surface area (Å²) >= 11 is 0. The van der Waals surface area contributed by atoms with Crippen molar-refractivity contribution >= 4 is 11.9 Å². The van der Waals surface area contributed by atoms with Crippen LogP contribution in [-0.2, 0) is 20.7 Å². The van der Waals surface area contributed by atoms with Crippen molar-refractivity contribution in [3.8, 4) is 5.75 Å².